The minimum atomic E-state index is -0.0994. The first-order valence-corrected chi connectivity index (χ1v) is 11.8. The molecule has 5 aromatic rings. The molecule has 0 amide bonds. The molecule has 0 heterocycles. The van der Waals surface area contributed by atoms with Crippen molar-refractivity contribution in [1.29, 1.82) is 0 Å². The predicted molar refractivity (Wildman–Crippen MR) is 149 cm³/mol. The van der Waals surface area contributed by atoms with E-state index in [0.717, 1.165) is 38.5 Å². The van der Waals surface area contributed by atoms with Crippen molar-refractivity contribution in [3.05, 3.63) is 114 Å². The average Bonchev–Trinajstić information content (AvgIpc) is 2.86. The van der Waals surface area contributed by atoms with Gasteiger partial charge in [0.1, 0.15) is 5.75 Å². The maximum Gasteiger partial charge on any atom is 0.133 e. The zero-order valence-electron chi connectivity index (χ0n) is 20.2. The van der Waals surface area contributed by atoms with Gasteiger partial charge < -0.3 is 5.11 Å². The first-order valence-electron chi connectivity index (χ1n) is 11.8. The highest BCUT2D eigenvalue weighted by atomic mass is 16.3. The van der Waals surface area contributed by atoms with Crippen molar-refractivity contribution in [2.45, 2.75) is 26.2 Å². The average molecular weight is 457 g/mol. The Morgan fingerprint density at radius 1 is 0.600 bits per heavy atom. The summed E-state index contributed by atoms with van der Waals surface area (Å²) < 4.78 is 0. The number of rotatable bonds is 4. The quantitative estimate of drug-likeness (QED) is 0.271. The molecule has 5 rings (SSSR count). The zero-order chi connectivity index (χ0) is 24.4. The van der Waals surface area contributed by atoms with E-state index in [2.05, 4.69) is 57.2 Å². The molecule has 0 radical (unpaired) electrons. The molecule has 0 aliphatic heterocycles. The molecule has 0 aliphatic carbocycles. The van der Waals surface area contributed by atoms with Crippen LogP contribution in [0.1, 0.15) is 37.5 Å². The third kappa shape index (κ3) is 4.71. The van der Waals surface area contributed by atoms with Gasteiger partial charge in [-0.3, -0.25) is 9.98 Å². The molecule has 0 unspecified atom stereocenters. The van der Waals surface area contributed by atoms with Crippen molar-refractivity contribution in [2.75, 3.05) is 0 Å². The van der Waals surface area contributed by atoms with Gasteiger partial charge in [-0.25, -0.2) is 0 Å². The van der Waals surface area contributed by atoms with E-state index in [1.165, 1.54) is 0 Å². The van der Waals surface area contributed by atoms with Crippen LogP contribution in [0.2, 0.25) is 0 Å². The molecule has 0 saturated carbocycles. The predicted octanol–water partition coefficient (Wildman–Crippen LogP) is 8.50. The van der Waals surface area contributed by atoms with E-state index in [9.17, 15) is 5.11 Å². The second-order valence-corrected chi connectivity index (χ2v) is 9.77. The van der Waals surface area contributed by atoms with Gasteiger partial charge >= 0.3 is 0 Å². The molecule has 0 saturated heterocycles. The Labute approximate surface area is 206 Å². The Morgan fingerprint density at radius 3 is 1.49 bits per heavy atom. The summed E-state index contributed by atoms with van der Waals surface area (Å²) in [6, 6.07) is 32.5. The summed E-state index contributed by atoms with van der Waals surface area (Å²) in [6.45, 7) is 6.49. The van der Waals surface area contributed by atoms with Crippen molar-refractivity contribution < 1.29 is 5.11 Å². The molecule has 0 spiro atoms. The molecule has 35 heavy (non-hydrogen) atoms. The Kier molecular flexibility index (Phi) is 5.92. The maximum atomic E-state index is 11.2. The molecular weight excluding hydrogens is 428 g/mol. The van der Waals surface area contributed by atoms with Crippen molar-refractivity contribution in [2.24, 2.45) is 9.98 Å². The number of fused-ring (bicyclic) bond motifs is 2. The van der Waals surface area contributed by atoms with Crippen LogP contribution in [0.3, 0.4) is 0 Å². The van der Waals surface area contributed by atoms with Crippen molar-refractivity contribution >= 4 is 45.3 Å². The number of aromatic hydroxyl groups is 1. The standard InChI is InChI=1S/C32H28N2O/c1-32(2,3)26-18-24(20-33-29-16-8-12-22-10-4-6-14-27(22)29)31(35)25(19-26)21-34-30-17-9-13-23-11-5-7-15-28(23)30/h4-21,35H,1-3H3. The van der Waals surface area contributed by atoms with Crippen LogP contribution in [0.15, 0.2) is 107 Å². The van der Waals surface area contributed by atoms with Crippen LogP contribution in [0.25, 0.3) is 21.5 Å². The molecule has 3 nitrogen and oxygen atoms in total. The van der Waals surface area contributed by atoms with E-state index < -0.39 is 0 Å². The van der Waals surface area contributed by atoms with Crippen LogP contribution in [0, 0.1) is 0 Å². The third-order valence-electron chi connectivity index (χ3n) is 6.25. The van der Waals surface area contributed by atoms with Gasteiger partial charge in [-0.15, -0.1) is 0 Å². The van der Waals surface area contributed by atoms with Crippen LogP contribution in [0.4, 0.5) is 11.4 Å². The minimum Gasteiger partial charge on any atom is -0.507 e. The molecule has 0 bridgehead atoms. The highest BCUT2D eigenvalue weighted by molar-refractivity contribution is 5.99. The van der Waals surface area contributed by atoms with Gasteiger partial charge in [0.2, 0.25) is 0 Å². The van der Waals surface area contributed by atoms with Gasteiger partial charge in [-0.2, -0.15) is 0 Å². The first kappa shape index (κ1) is 22.5. The van der Waals surface area contributed by atoms with Gasteiger partial charge in [0.25, 0.3) is 0 Å². The van der Waals surface area contributed by atoms with Crippen LogP contribution in [0.5, 0.6) is 5.75 Å². The maximum absolute atomic E-state index is 11.2. The van der Waals surface area contributed by atoms with E-state index in [4.69, 9.17) is 9.98 Å². The topological polar surface area (TPSA) is 45.0 Å². The molecule has 0 atom stereocenters. The fraction of sp³-hybridized carbons (Fsp3) is 0.125. The van der Waals surface area contributed by atoms with Crippen LogP contribution in [-0.2, 0) is 5.41 Å². The van der Waals surface area contributed by atoms with E-state index in [0.29, 0.717) is 11.1 Å². The largest absolute Gasteiger partial charge is 0.507 e. The Morgan fingerprint density at radius 2 is 1.03 bits per heavy atom. The van der Waals surface area contributed by atoms with Gasteiger partial charge in [0, 0.05) is 34.3 Å². The number of phenolic OH excluding ortho intramolecular Hbond substituents is 1. The first-order chi connectivity index (χ1) is 16.9. The SMILES string of the molecule is CC(C)(C)c1cc(C=Nc2cccc3ccccc23)c(O)c(C=Nc2cccc3ccccc23)c1. The van der Waals surface area contributed by atoms with Gasteiger partial charge in [-0.1, -0.05) is 93.6 Å². The summed E-state index contributed by atoms with van der Waals surface area (Å²) in [5, 5.41) is 15.6. The van der Waals surface area contributed by atoms with Gasteiger partial charge in [-0.05, 0) is 46.0 Å². The Hall–Kier alpha value is -4.24. The van der Waals surface area contributed by atoms with Crippen molar-refractivity contribution in [3.63, 3.8) is 0 Å². The second-order valence-electron chi connectivity index (χ2n) is 9.77. The number of hydrogen-bond acceptors (Lipinski definition) is 3. The van der Waals surface area contributed by atoms with E-state index in [-0.39, 0.29) is 11.2 Å². The van der Waals surface area contributed by atoms with Gasteiger partial charge in [0.15, 0.2) is 0 Å². The van der Waals surface area contributed by atoms with E-state index in [1.807, 2.05) is 60.7 Å². The number of hydrogen-bond donors (Lipinski definition) is 1. The minimum absolute atomic E-state index is 0.0994. The molecule has 0 fully saturated rings. The summed E-state index contributed by atoms with van der Waals surface area (Å²) in [4.78, 5) is 9.52. The normalized spacial score (nSPS) is 12.3. The van der Waals surface area contributed by atoms with Crippen LogP contribution in [-0.4, -0.2) is 17.5 Å². The monoisotopic (exact) mass is 456 g/mol. The lowest BCUT2D eigenvalue weighted by molar-refractivity contribution is 0.472. The highest BCUT2D eigenvalue weighted by Crippen LogP contribution is 2.32. The van der Waals surface area contributed by atoms with Crippen LogP contribution < -0.4 is 0 Å². The molecule has 0 aliphatic rings. The van der Waals surface area contributed by atoms with E-state index >= 15 is 0 Å². The van der Waals surface area contributed by atoms with Crippen LogP contribution >= 0.6 is 0 Å². The molecule has 1 N–H and O–H groups in total. The highest BCUT2D eigenvalue weighted by Gasteiger charge is 2.18. The number of benzene rings is 5. The summed E-state index contributed by atoms with van der Waals surface area (Å²) in [5.41, 5.74) is 4.09. The number of nitrogens with zero attached hydrogens (tertiary/aromatic N) is 2. The summed E-state index contributed by atoms with van der Waals surface area (Å²) in [6.07, 6.45) is 3.50. The summed E-state index contributed by atoms with van der Waals surface area (Å²) in [7, 11) is 0. The lowest BCUT2D eigenvalue weighted by Crippen LogP contribution is -2.12. The smallest absolute Gasteiger partial charge is 0.133 e. The van der Waals surface area contributed by atoms with E-state index in [1.54, 1.807) is 12.4 Å². The fourth-order valence-corrected chi connectivity index (χ4v) is 4.23. The Balaban J connectivity index is 1.58. The number of aliphatic imine (C=N–C) groups is 2. The molecular formula is C32H28N2O. The lowest BCUT2D eigenvalue weighted by atomic mass is 9.85. The number of phenols is 1. The third-order valence-corrected chi connectivity index (χ3v) is 6.25. The zero-order valence-corrected chi connectivity index (χ0v) is 20.2. The fourth-order valence-electron chi connectivity index (χ4n) is 4.23. The summed E-state index contributed by atoms with van der Waals surface area (Å²) >= 11 is 0. The summed E-state index contributed by atoms with van der Waals surface area (Å²) in [5.74, 6) is 0.172. The molecule has 0 aromatic heterocycles. The second kappa shape index (κ2) is 9.19. The van der Waals surface area contributed by atoms with Gasteiger partial charge in [0.05, 0.1) is 11.4 Å². The molecule has 172 valence electrons. The molecule has 3 heteroatoms. The molecule has 5 aromatic carbocycles. The Bertz CT molecular complexity index is 1470. The van der Waals surface area contributed by atoms with Crippen molar-refractivity contribution in [3.8, 4) is 5.75 Å². The van der Waals surface area contributed by atoms with Crippen molar-refractivity contribution in [1.82, 2.24) is 0 Å². The lowest BCUT2D eigenvalue weighted by Gasteiger charge is -2.21.